The summed E-state index contributed by atoms with van der Waals surface area (Å²) in [5, 5.41) is 8.26. The SMILES string of the molecule is CN=C(NCCc1cccc(F)c1F)NCc1cccs1. The maximum atomic E-state index is 13.5. The lowest BCUT2D eigenvalue weighted by Gasteiger charge is -2.11. The molecule has 0 atom stereocenters. The molecular weight excluding hydrogens is 292 g/mol. The van der Waals surface area contributed by atoms with Gasteiger partial charge < -0.3 is 10.6 Å². The van der Waals surface area contributed by atoms with E-state index >= 15 is 0 Å². The standard InChI is InChI=1S/C15H17F2N3S/c1-18-15(20-10-12-5-3-9-21-12)19-8-7-11-4-2-6-13(16)14(11)17/h2-6,9H,7-8,10H2,1H3,(H2,18,19,20). The van der Waals surface area contributed by atoms with Crippen molar-refractivity contribution in [2.75, 3.05) is 13.6 Å². The van der Waals surface area contributed by atoms with E-state index < -0.39 is 11.6 Å². The zero-order valence-electron chi connectivity index (χ0n) is 11.7. The summed E-state index contributed by atoms with van der Waals surface area (Å²) >= 11 is 1.66. The number of thiophene rings is 1. The monoisotopic (exact) mass is 309 g/mol. The minimum Gasteiger partial charge on any atom is -0.356 e. The quantitative estimate of drug-likeness (QED) is 0.658. The predicted molar refractivity (Wildman–Crippen MR) is 82.6 cm³/mol. The molecule has 3 nitrogen and oxygen atoms in total. The molecule has 1 aromatic heterocycles. The van der Waals surface area contributed by atoms with E-state index in [1.165, 1.54) is 10.9 Å². The van der Waals surface area contributed by atoms with Gasteiger partial charge in [-0.1, -0.05) is 18.2 Å². The van der Waals surface area contributed by atoms with E-state index in [0.29, 0.717) is 31.0 Å². The van der Waals surface area contributed by atoms with Crippen LogP contribution < -0.4 is 10.6 Å². The molecule has 0 aliphatic heterocycles. The van der Waals surface area contributed by atoms with Crippen molar-refractivity contribution in [1.82, 2.24) is 10.6 Å². The first kappa shape index (κ1) is 15.4. The van der Waals surface area contributed by atoms with Crippen LogP contribution in [0.15, 0.2) is 40.7 Å². The second kappa shape index (κ2) is 7.73. The van der Waals surface area contributed by atoms with E-state index in [2.05, 4.69) is 15.6 Å². The number of hydrogen-bond donors (Lipinski definition) is 2. The molecule has 2 aromatic rings. The van der Waals surface area contributed by atoms with E-state index in [1.807, 2.05) is 17.5 Å². The predicted octanol–water partition coefficient (Wildman–Crippen LogP) is 2.93. The van der Waals surface area contributed by atoms with Crippen LogP contribution in [0.1, 0.15) is 10.4 Å². The average molecular weight is 309 g/mol. The van der Waals surface area contributed by atoms with Crippen LogP contribution in [0, 0.1) is 11.6 Å². The van der Waals surface area contributed by atoms with Crippen LogP contribution in [-0.2, 0) is 13.0 Å². The molecule has 0 saturated heterocycles. The molecule has 0 aliphatic carbocycles. The number of rotatable bonds is 5. The lowest BCUT2D eigenvalue weighted by Crippen LogP contribution is -2.37. The van der Waals surface area contributed by atoms with Gasteiger partial charge in [-0.15, -0.1) is 11.3 Å². The van der Waals surface area contributed by atoms with Gasteiger partial charge >= 0.3 is 0 Å². The zero-order valence-corrected chi connectivity index (χ0v) is 12.5. The molecule has 0 bridgehead atoms. The van der Waals surface area contributed by atoms with Crippen molar-refractivity contribution in [2.24, 2.45) is 4.99 Å². The third-order valence-electron chi connectivity index (χ3n) is 2.95. The number of benzene rings is 1. The Morgan fingerprint density at radius 1 is 1.19 bits per heavy atom. The lowest BCUT2D eigenvalue weighted by molar-refractivity contribution is 0.498. The molecule has 1 aromatic carbocycles. The Labute approximate surface area is 126 Å². The first-order valence-corrected chi connectivity index (χ1v) is 7.48. The first-order valence-electron chi connectivity index (χ1n) is 6.60. The molecule has 0 saturated carbocycles. The van der Waals surface area contributed by atoms with Gasteiger partial charge in [0.05, 0.1) is 6.54 Å². The van der Waals surface area contributed by atoms with Crippen molar-refractivity contribution in [3.8, 4) is 0 Å². The molecule has 2 rings (SSSR count). The van der Waals surface area contributed by atoms with E-state index in [4.69, 9.17) is 0 Å². The van der Waals surface area contributed by atoms with Gasteiger partial charge in [0, 0.05) is 18.5 Å². The van der Waals surface area contributed by atoms with Crippen LogP contribution in [-0.4, -0.2) is 19.6 Å². The summed E-state index contributed by atoms with van der Waals surface area (Å²) in [4.78, 5) is 5.29. The van der Waals surface area contributed by atoms with E-state index in [0.717, 1.165) is 6.07 Å². The van der Waals surface area contributed by atoms with Crippen molar-refractivity contribution in [3.63, 3.8) is 0 Å². The molecule has 0 radical (unpaired) electrons. The minimum atomic E-state index is -0.812. The molecule has 2 N–H and O–H groups in total. The Morgan fingerprint density at radius 2 is 2.05 bits per heavy atom. The molecule has 0 amide bonds. The molecule has 21 heavy (non-hydrogen) atoms. The molecular formula is C15H17F2N3S. The van der Waals surface area contributed by atoms with Gasteiger partial charge in [0.1, 0.15) is 0 Å². The smallest absolute Gasteiger partial charge is 0.191 e. The lowest BCUT2D eigenvalue weighted by atomic mass is 10.1. The fourth-order valence-corrected chi connectivity index (χ4v) is 2.51. The van der Waals surface area contributed by atoms with E-state index in [1.54, 1.807) is 24.5 Å². The Kier molecular flexibility index (Phi) is 5.68. The van der Waals surface area contributed by atoms with Crippen LogP contribution in [0.5, 0.6) is 0 Å². The summed E-state index contributed by atoms with van der Waals surface area (Å²) in [6.07, 6.45) is 0.392. The topological polar surface area (TPSA) is 36.4 Å². The second-order valence-electron chi connectivity index (χ2n) is 4.39. The van der Waals surface area contributed by atoms with Crippen molar-refractivity contribution in [3.05, 3.63) is 57.8 Å². The fourth-order valence-electron chi connectivity index (χ4n) is 1.86. The highest BCUT2D eigenvalue weighted by atomic mass is 32.1. The van der Waals surface area contributed by atoms with Crippen LogP contribution in [0.25, 0.3) is 0 Å². The average Bonchev–Trinajstić information content (AvgIpc) is 3.00. The van der Waals surface area contributed by atoms with Crippen LogP contribution in [0.2, 0.25) is 0 Å². The summed E-state index contributed by atoms with van der Waals surface area (Å²) in [6, 6.07) is 8.24. The Morgan fingerprint density at radius 3 is 2.76 bits per heavy atom. The van der Waals surface area contributed by atoms with Crippen molar-refractivity contribution in [2.45, 2.75) is 13.0 Å². The Balaban J connectivity index is 1.79. The fraction of sp³-hybridized carbons (Fsp3) is 0.267. The van der Waals surface area contributed by atoms with Gasteiger partial charge in [-0.25, -0.2) is 8.78 Å². The molecule has 1 heterocycles. The zero-order chi connectivity index (χ0) is 15.1. The highest BCUT2D eigenvalue weighted by molar-refractivity contribution is 7.09. The highest BCUT2D eigenvalue weighted by Crippen LogP contribution is 2.11. The number of hydrogen-bond acceptors (Lipinski definition) is 2. The third kappa shape index (κ3) is 4.53. The molecule has 0 unspecified atom stereocenters. The summed E-state index contributed by atoms with van der Waals surface area (Å²) < 4.78 is 26.6. The summed E-state index contributed by atoms with van der Waals surface area (Å²) in [5.74, 6) is -0.950. The maximum Gasteiger partial charge on any atom is 0.191 e. The minimum absolute atomic E-state index is 0.358. The highest BCUT2D eigenvalue weighted by Gasteiger charge is 2.07. The summed E-state index contributed by atoms with van der Waals surface area (Å²) in [7, 11) is 1.67. The normalized spacial score (nSPS) is 11.5. The van der Waals surface area contributed by atoms with Gasteiger partial charge in [-0.05, 0) is 29.5 Å². The van der Waals surface area contributed by atoms with Gasteiger partial charge in [0.15, 0.2) is 17.6 Å². The van der Waals surface area contributed by atoms with Crippen LogP contribution in [0.3, 0.4) is 0 Å². The number of guanidine groups is 1. The number of aliphatic imine (C=N–C) groups is 1. The summed E-state index contributed by atoms with van der Waals surface area (Å²) in [6.45, 7) is 1.16. The number of nitrogens with one attached hydrogen (secondary N) is 2. The first-order chi connectivity index (χ1) is 10.2. The molecule has 0 fully saturated rings. The van der Waals surface area contributed by atoms with E-state index in [9.17, 15) is 8.78 Å². The van der Waals surface area contributed by atoms with Crippen molar-refractivity contribution >= 4 is 17.3 Å². The third-order valence-corrected chi connectivity index (χ3v) is 3.83. The van der Waals surface area contributed by atoms with Crippen molar-refractivity contribution in [1.29, 1.82) is 0 Å². The second-order valence-corrected chi connectivity index (χ2v) is 5.43. The number of halogens is 2. The maximum absolute atomic E-state index is 13.5. The molecule has 112 valence electrons. The molecule has 0 aliphatic rings. The summed E-state index contributed by atoms with van der Waals surface area (Å²) in [5.41, 5.74) is 0.358. The Hall–Kier alpha value is -1.95. The Bertz CT molecular complexity index is 597. The molecule has 0 spiro atoms. The van der Waals surface area contributed by atoms with Gasteiger partial charge in [-0.3, -0.25) is 4.99 Å². The van der Waals surface area contributed by atoms with Crippen LogP contribution >= 0.6 is 11.3 Å². The van der Waals surface area contributed by atoms with Gasteiger partial charge in [0.2, 0.25) is 0 Å². The van der Waals surface area contributed by atoms with E-state index in [-0.39, 0.29) is 0 Å². The van der Waals surface area contributed by atoms with Crippen molar-refractivity contribution < 1.29 is 8.78 Å². The largest absolute Gasteiger partial charge is 0.356 e. The van der Waals surface area contributed by atoms with Gasteiger partial charge in [0.25, 0.3) is 0 Å². The molecule has 6 heteroatoms. The van der Waals surface area contributed by atoms with Gasteiger partial charge in [-0.2, -0.15) is 0 Å². The number of nitrogens with zero attached hydrogens (tertiary/aromatic N) is 1. The van der Waals surface area contributed by atoms with Crippen LogP contribution in [0.4, 0.5) is 8.78 Å².